The average Bonchev–Trinajstić information content (AvgIpc) is 3.12. The second-order valence-electron chi connectivity index (χ2n) is 8.85. The van der Waals surface area contributed by atoms with Gasteiger partial charge in [-0.2, -0.15) is 4.68 Å². The monoisotopic (exact) mass is 468 g/mol. The Morgan fingerprint density at radius 2 is 2.12 bits per heavy atom. The zero-order valence-corrected chi connectivity index (χ0v) is 19.8. The second kappa shape index (κ2) is 9.76. The number of ether oxygens (including phenoxy) is 1. The first-order chi connectivity index (χ1) is 16.2. The Morgan fingerprint density at radius 1 is 1.32 bits per heavy atom. The van der Waals surface area contributed by atoms with E-state index in [2.05, 4.69) is 15.4 Å². The number of fused-ring (bicyclic) bond motifs is 1. The third-order valence-corrected chi connectivity index (χ3v) is 5.73. The minimum atomic E-state index is -0.738. The van der Waals surface area contributed by atoms with Crippen LogP contribution in [0.2, 0.25) is 0 Å². The van der Waals surface area contributed by atoms with Crippen LogP contribution in [-0.4, -0.2) is 56.9 Å². The van der Waals surface area contributed by atoms with Crippen molar-refractivity contribution in [2.75, 3.05) is 26.0 Å². The van der Waals surface area contributed by atoms with Crippen molar-refractivity contribution in [2.24, 2.45) is 0 Å². The Morgan fingerprint density at radius 3 is 2.82 bits per heavy atom. The number of benzene rings is 1. The summed E-state index contributed by atoms with van der Waals surface area (Å²) in [5.74, 6) is -0.473. The molecule has 0 saturated carbocycles. The van der Waals surface area contributed by atoms with Gasteiger partial charge < -0.3 is 15.0 Å². The van der Waals surface area contributed by atoms with Crippen LogP contribution in [0.5, 0.6) is 5.75 Å². The molecule has 3 heterocycles. The molecule has 0 aliphatic carbocycles. The first-order valence-electron chi connectivity index (χ1n) is 11.3. The van der Waals surface area contributed by atoms with Gasteiger partial charge in [-0.25, -0.2) is 9.18 Å². The molecule has 1 aliphatic heterocycles. The average molecular weight is 469 g/mol. The van der Waals surface area contributed by atoms with E-state index in [0.29, 0.717) is 31.0 Å². The van der Waals surface area contributed by atoms with Crippen LogP contribution in [0.1, 0.15) is 41.5 Å². The maximum absolute atomic E-state index is 15.3. The van der Waals surface area contributed by atoms with Gasteiger partial charge in [0.25, 0.3) is 5.91 Å². The Hall–Kier alpha value is -3.53. The normalized spacial score (nSPS) is 14.1. The number of amides is 1. The number of aromatic nitrogens is 4. The fourth-order valence-electron chi connectivity index (χ4n) is 4.09. The maximum Gasteiger partial charge on any atom is 0.350 e. The lowest BCUT2D eigenvalue weighted by Gasteiger charge is -2.21. The minimum absolute atomic E-state index is 0.0205. The Labute approximate surface area is 197 Å². The van der Waals surface area contributed by atoms with Crippen molar-refractivity contribution in [1.29, 1.82) is 0 Å². The molecule has 0 saturated heterocycles. The lowest BCUT2D eigenvalue weighted by Crippen LogP contribution is -2.29. The van der Waals surface area contributed by atoms with Crippen LogP contribution in [0.15, 0.2) is 35.4 Å². The molecule has 34 heavy (non-hydrogen) atoms. The van der Waals surface area contributed by atoms with Gasteiger partial charge in [0.1, 0.15) is 29.2 Å². The van der Waals surface area contributed by atoms with Crippen molar-refractivity contribution in [3.05, 3.63) is 63.8 Å². The van der Waals surface area contributed by atoms with E-state index in [0.717, 1.165) is 29.2 Å². The van der Waals surface area contributed by atoms with Gasteiger partial charge in [0, 0.05) is 31.8 Å². The highest BCUT2D eigenvalue weighted by atomic mass is 19.1. The van der Waals surface area contributed by atoms with Crippen molar-refractivity contribution in [1.82, 2.24) is 24.2 Å². The molecule has 0 radical (unpaired) electrons. The Balaban J connectivity index is 1.76. The zero-order valence-electron chi connectivity index (χ0n) is 19.8. The SMILES string of the molecule is Cc1ccncc1NC(=O)c1cc(F)c(-n2nc3n(c2=O)CCCC3)cc1O[C@@H](C)CN(C)C. The van der Waals surface area contributed by atoms with Crippen LogP contribution in [0.3, 0.4) is 0 Å². The number of pyridine rings is 1. The molecule has 1 amide bonds. The van der Waals surface area contributed by atoms with E-state index in [1.807, 2.05) is 32.8 Å². The lowest BCUT2D eigenvalue weighted by atomic mass is 10.1. The predicted octanol–water partition coefficient (Wildman–Crippen LogP) is 2.79. The number of likely N-dealkylation sites (N-methyl/N-ethyl adjacent to an activating group) is 1. The molecule has 1 aromatic carbocycles. The molecule has 3 aromatic rings. The summed E-state index contributed by atoms with van der Waals surface area (Å²) in [5.41, 5.74) is 0.908. The number of hydrogen-bond donors (Lipinski definition) is 1. The van der Waals surface area contributed by atoms with Crippen molar-refractivity contribution in [3.63, 3.8) is 0 Å². The van der Waals surface area contributed by atoms with Gasteiger partial charge in [-0.05, 0) is 58.5 Å². The van der Waals surface area contributed by atoms with Crippen molar-refractivity contribution >= 4 is 11.6 Å². The largest absolute Gasteiger partial charge is 0.488 e. The molecule has 0 fully saturated rings. The van der Waals surface area contributed by atoms with Gasteiger partial charge in [0.15, 0.2) is 0 Å². The van der Waals surface area contributed by atoms with Gasteiger partial charge in [-0.3, -0.25) is 14.3 Å². The summed E-state index contributed by atoms with van der Waals surface area (Å²) in [6.07, 6.45) is 5.33. The minimum Gasteiger partial charge on any atom is -0.488 e. The summed E-state index contributed by atoms with van der Waals surface area (Å²) in [6.45, 7) is 4.83. The molecule has 1 N–H and O–H groups in total. The molecule has 0 spiro atoms. The van der Waals surface area contributed by atoms with Gasteiger partial charge in [-0.1, -0.05) is 0 Å². The van der Waals surface area contributed by atoms with Gasteiger partial charge in [0.05, 0.1) is 17.4 Å². The van der Waals surface area contributed by atoms with E-state index < -0.39 is 17.4 Å². The first-order valence-corrected chi connectivity index (χ1v) is 11.3. The zero-order chi connectivity index (χ0) is 24.4. The summed E-state index contributed by atoms with van der Waals surface area (Å²) in [7, 11) is 3.81. The Bertz CT molecular complexity index is 1270. The summed E-state index contributed by atoms with van der Waals surface area (Å²) >= 11 is 0. The fourth-order valence-corrected chi connectivity index (χ4v) is 4.09. The van der Waals surface area contributed by atoms with Gasteiger partial charge in [0.2, 0.25) is 0 Å². The highest BCUT2D eigenvalue weighted by molar-refractivity contribution is 6.06. The molecule has 4 rings (SSSR count). The van der Waals surface area contributed by atoms with E-state index >= 15 is 4.39 Å². The number of carbonyl (C=O) groups is 1. The fraction of sp³-hybridized carbons (Fsp3) is 0.417. The number of carbonyl (C=O) groups excluding carboxylic acids is 1. The lowest BCUT2D eigenvalue weighted by molar-refractivity contribution is 0.101. The maximum atomic E-state index is 15.3. The number of halogens is 1. The van der Waals surface area contributed by atoms with E-state index in [1.54, 1.807) is 16.8 Å². The first kappa shape index (κ1) is 23.6. The smallest absolute Gasteiger partial charge is 0.350 e. The Kier molecular flexibility index (Phi) is 6.78. The van der Waals surface area contributed by atoms with Crippen LogP contribution in [0.4, 0.5) is 10.1 Å². The van der Waals surface area contributed by atoms with Crippen LogP contribution in [-0.2, 0) is 13.0 Å². The number of anilines is 1. The third kappa shape index (κ3) is 4.86. The summed E-state index contributed by atoms with van der Waals surface area (Å²) in [6, 6.07) is 4.24. The molecule has 10 heteroatoms. The number of nitrogens with one attached hydrogen (secondary N) is 1. The van der Waals surface area contributed by atoms with Crippen molar-refractivity contribution < 1.29 is 13.9 Å². The predicted molar refractivity (Wildman–Crippen MR) is 126 cm³/mol. The van der Waals surface area contributed by atoms with E-state index in [-0.39, 0.29) is 23.1 Å². The number of aryl methyl sites for hydroxylation is 2. The molecule has 0 bridgehead atoms. The van der Waals surface area contributed by atoms with Crippen LogP contribution in [0, 0.1) is 12.7 Å². The second-order valence-corrected chi connectivity index (χ2v) is 8.85. The van der Waals surface area contributed by atoms with Gasteiger partial charge in [-0.15, -0.1) is 5.10 Å². The standard InChI is InChI=1S/C24H29FN6O3/c1-15-8-9-26-13-19(15)27-23(32)17-11-18(25)20(12-21(17)34-16(2)14-29(3)4)31-24(33)30-10-6-5-7-22(30)28-31/h8-9,11-13,16H,5-7,10,14H2,1-4H3,(H,27,32)/t16-/m0/s1. The van der Waals surface area contributed by atoms with E-state index in [1.165, 1.54) is 12.3 Å². The molecule has 9 nitrogen and oxygen atoms in total. The molecule has 1 atom stereocenters. The summed E-state index contributed by atoms with van der Waals surface area (Å²) in [4.78, 5) is 32.0. The molecule has 1 aliphatic rings. The molecule has 0 unspecified atom stereocenters. The van der Waals surface area contributed by atoms with Crippen molar-refractivity contribution in [2.45, 2.75) is 45.8 Å². The number of hydrogen-bond acceptors (Lipinski definition) is 6. The number of rotatable bonds is 7. The van der Waals surface area contributed by atoms with Crippen LogP contribution < -0.4 is 15.7 Å². The van der Waals surface area contributed by atoms with Gasteiger partial charge >= 0.3 is 5.69 Å². The topological polar surface area (TPSA) is 94.3 Å². The van der Waals surface area contributed by atoms with E-state index in [9.17, 15) is 9.59 Å². The molecular weight excluding hydrogens is 439 g/mol. The van der Waals surface area contributed by atoms with E-state index in [4.69, 9.17) is 4.74 Å². The quantitative estimate of drug-likeness (QED) is 0.573. The van der Waals surface area contributed by atoms with Crippen molar-refractivity contribution in [3.8, 4) is 11.4 Å². The highest BCUT2D eigenvalue weighted by Crippen LogP contribution is 2.28. The highest BCUT2D eigenvalue weighted by Gasteiger charge is 2.24. The summed E-state index contributed by atoms with van der Waals surface area (Å²) in [5, 5.41) is 7.13. The molecule has 180 valence electrons. The summed E-state index contributed by atoms with van der Waals surface area (Å²) < 4.78 is 24.0. The number of nitrogens with zero attached hydrogens (tertiary/aromatic N) is 5. The van der Waals surface area contributed by atoms with Crippen LogP contribution in [0.25, 0.3) is 5.69 Å². The molecule has 2 aromatic heterocycles. The molecular formula is C24H29FN6O3. The third-order valence-electron chi connectivity index (χ3n) is 5.73. The van der Waals surface area contributed by atoms with Crippen LogP contribution >= 0.6 is 0 Å².